The minimum atomic E-state index is -0.985. The van der Waals surface area contributed by atoms with Crippen molar-refractivity contribution in [2.75, 3.05) is 6.54 Å². The molecule has 0 amide bonds. The smallest absolute Gasteiger partial charge is 0.160 e. The van der Waals surface area contributed by atoms with E-state index in [-0.39, 0.29) is 0 Å². The standard InChI is InChI=1S/C7H14Cl2NP/c1-4-5-6-10(7(2)3)11(8)9/h4,7H,1,5-6H2,2-3H3. The fourth-order valence-corrected chi connectivity index (χ4v) is 2.85. The fraction of sp³-hybridized carbons (Fsp3) is 0.714. The van der Waals surface area contributed by atoms with E-state index >= 15 is 0 Å². The molecule has 0 unspecified atom stereocenters. The molecule has 0 aliphatic rings. The number of nitrogens with zero attached hydrogens (tertiary/aromatic N) is 1. The lowest BCUT2D eigenvalue weighted by atomic mass is 10.3. The predicted molar refractivity (Wildman–Crippen MR) is 55.3 cm³/mol. The van der Waals surface area contributed by atoms with Crippen molar-refractivity contribution in [1.29, 1.82) is 0 Å². The monoisotopic (exact) mass is 213 g/mol. The Hall–Kier alpha value is 0.710. The summed E-state index contributed by atoms with van der Waals surface area (Å²) in [4.78, 5) is 0. The SMILES string of the molecule is C=CCCN(C(C)C)P(Cl)Cl. The molecule has 0 rings (SSSR count). The normalized spacial score (nSPS) is 11.5. The van der Waals surface area contributed by atoms with Gasteiger partial charge in [0, 0.05) is 12.6 Å². The summed E-state index contributed by atoms with van der Waals surface area (Å²) in [7, 11) is 0. The van der Waals surface area contributed by atoms with Gasteiger partial charge in [0.25, 0.3) is 0 Å². The van der Waals surface area contributed by atoms with E-state index in [1.54, 1.807) is 0 Å². The van der Waals surface area contributed by atoms with Crippen LogP contribution in [0.2, 0.25) is 0 Å². The molecule has 0 fully saturated rings. The molecule has 0 aliphatic heterocycles. The molecule has 0 saturated carbocycles. The van der Waals surface area contributed by atoms with Gasteiger partial charge in [0.05, 0.1) is 0 Å². The Morgan fingerprint density at radius 2 is 2.09 bits per heavy atom. The summed E-state index contributed by atoms with van der Waals surface area (Å²) in [5, 5.41) is 0. The van der Waals surface area contributed by atoms with Crippen molar-refractivity contribution in [2.45, 2.75) is 26.3 Å². The van der Waals surface area contributed by atoms with Crippen molar-refractivity contribution in [3.05, 3.63) is 12.7 Å². The van der Waals surface area contributed by atoms with E-state index in [1.165, 1.54) is 0 Å². The van der Waals surface area contributed by atoms with Crippen LogP contribution in [0, 0.1) is 0 Å². The average molecular weight is 214 g/mol. The van der Waals surface area contributed by atoms with Crippen LogP contribution in [0.4, 0.5) is 0 Å². The molecule has 0 saturated heterocycles. The maximum atomic E-state index is 5.80. The summed E-state index contributed by atoms with van der Waals surface area (Å²) < 4.78 is 2.07. The molecule has 1 nitrogen and oxygen atoms in total. The van der Waals surface area contributed by atoms with Crippen LogP contribution >= 0.6 is 29.3 Å². The fourth-order valence-electron chi connectivity index (χ4n) is 0.732. The molecular weight excluding hydrogens is 200 g/mol. The predicted octanol–water partition coefficient (Wildman–Crippen LogP) is 3.98. The van der Waals surface area contributed by atoms with Crippen LogP contribution in [0.25, 0.3) is 0 Å². The molecule has 0 N–H and O–H groups in total. The first-order valence-corrected chi connectivity index (χ1v) is 6.69. The molecule has 66 valence electrons. The minimum absolute atomic E-state index is 0.413. The second-order valence-electron chi connectivity index (χ2n) is 2.55. The van der Waals surface area contributed by atoms with Gasteiger partial charge in [-0.15, -0.1) is 6.58 Å². The van der Waals surface area contributed by atoms with E-state index in [2.05, 4.69) is 25.1 Å². The molecule has 0 aliphatic carbocycles. The minimum Gasteiger partial charge on any atom is -0.255 e. The second kappa shape index (κ2) is 6.25. The lowest BCUT2D eigenvalue weighted by Gasteiger charge is -2.25. The Morgan fingerprint density at radius 3 is 2.36 bits per heavy atom. The number of hydrogen-bond acceptors (Lipinski definition) is 1. The van der Waals surface area contributed by atoms with Gasteiger partial charge in [0.2, 0.25) is 0 Å². The highest BCUT2D eigenvalue weighted by molar-refractivity contribution is 8.02. The first-order valence-electron chi connectivity index (χ1n) is 3.58. The number of halogens is 2. The number of rotatable bonds is 5. The maximum Gasteiger partial charge on any atom is 0.160 e. The van der Waals surface area contributed by atoms with Gasteiger partial charge in [-0.1, -0.05) is 28.6 Å². The van der Waals surface area contributed by atoms with E-state index in [0.29, 0.717) is 6.04 Å². The molecule has 0 bridgehead atoms. The van der Waals surface area contributed by atoms with Gasteiger partial charge >= 0.3 is 0 Å². The zero-order valence-corrected chi connectivity index (χ0v) is 9.33. The van der Waals surface area contributed by atoms with Crippen molar-refractivity contribution < 1.29 is 0 Å². The van der Waals surface area contributed by atoms with E-state index in [1.807, 2.05) is 6.08 Å². The molecule has 4 heteroatoms. The molecule has 0 heterocycles. The molecular formula is C7H14Cl2NP. The molecule has 0 aromatic rings. The van der Waals surface area contributed by atoms with Gasteiger partial charge < -0.3 is 0 Å². The van der Waals surface area contributed by atoms with Crippen molar-refractivity contribution in [1.82, 2.24) is 4.67 Å². The highest BCUT2D eigenvalue weighted by Crippen LogP contribution is 2.51. The first-order chi connectivity index (χ1) is 5.09. The lowest BCUT2D eigenvalue weighted by molar-refractivity contribution is 0.397. The lowest BCUT2D eigenvalue weighted by Crippen LogP contribution is -2.23. The molecule has 0 atom stereocenters. The molecule has 0 aromatic carbocycles. The number of hydrogen-bond donors (Lipinski definition) is 0. The van der Waals surface area contributed by atoms with Gasteiger partial charge in [-0.2, -0.15) is 0 Å². The van der Waals surface area contributed by atoms with E-state index in [0.717, 1.165) is 13.0 Å². The molecule has 11 heavy (non-hydrogen) atoms. The van der Waals surface area contributed by atoms with Crippen LogP contribution in [-0.2, 0) is 0 Å². The van der Waals surface area contributed by atoms with Crippen LogP contribution in [-0.4, -0.2) is 17.3 Å². The van der Waals surface area contributed by atoms with Crippen LogP contribution in [0.5, 0.6) is 0 Å². The summed E-state index contributed by atoms with van der Waals surface area (Å²) >= 11 is 11.6. The zero-order valence-electron chi connectivity index (χ0n) is 6.93. The van der Waals surface area contributed by atoms with Crippen molar-refractivity contribution in [3.8, 4) is 0 Å². The van der Waals surface area contributed by atoms with Gasteiger partial charge in [-0.3, -0.25) is 4.67 Å². The van der Waals surface area contributed by atoms with E-state index in [4.69, 9.17) is 22.5 Å². The first kappa shape index (κ1) is 11.7. The van der Waals surface area contributed by atoms with Crippen LogP contribution in [0.1, 0.15) is 20.3 Å². The third-order valence-electron chi connectivity index (χ3n) is 1.35. The van der Waals surface area contributed by atoms with Gasteiger partial charge in [-0.05, 0) is 20.3 Å². The Balaban J connectivity index is 3.79. The Kier molecular flexibility index (Phi) is 6.65. The summed E-state index contributed by atoms with van der Waals surface area (Å²) in [5.41, 5.74) is 0. The third-order valence-corrected chi connectivity index (χ3v) is 3.57. The van der Waals surface area contributed by atoms with Gasteiger partial charge in [-0.25, -0.2) is 0 Å². The highest BCUT2D eigenvalue weighted by Gasteiger charge is 2.15. The van der Waals surface area contributed by atoms with Crippen LogP contribution in [0.3, 0.4) is 0 Å². The summed E-state index contributed by atoms with van der Waals surface area (Å²) in [6, 6.07) is 0.413. The van der Waals surface area contributed by atoms with Crippen LogP contribution < -0.4 is 0 Å². The zero-order chi connectivity index (χ0) is 8.85. The Labute approximate surface area is 79.7 Å². The van der Waals surface area contributed by atoms with Crippen molar-refractivity contribution in [2.24, 2.45) is 0 Å². The third kappa shape index (κ3) is 5.03. The van der Waals surface area contributed by atoms with E-state index in [9.17, 15) is 0 Å². The van der Waals surface area contributed by atoms with Gasteiger partial charge in [0.1, 0.15) is 0 Å². The largest absolute Gasteiger partial charge is 0.255 e. The Morgan fingerprint density at radius 1 is 1.55 bits per heavy atom. The molecule has 0 spiro atoms. The average Bonchev–Trinajstić information content (AvgIpc) is 1.87. The summed E-state index contributed by atoms with van der Waals surface area (Å²) in [6.07, 6.45) is 2.82. The second-order valence-corrected chi connectivity index (χ2v) is 5.93. The maximum absolute atomic E-state index is 5.80. The summed E-state index contributed by atoms with van der Waals surface area (Å²) in [6.45, 7) is 7.74. The van der Waals surface area contributed by atoms with Crippen molar-refractivity contribution in [3.63, 3.8) is 0 Å². The van der Waals surface area contributed by atoms with Gasteiger partial charge in [0.15, 0.2) is 6.78 Å². The molecule has 0 radical (unpaired) electrons. The quantitative estimate of drug-likeness (QED) is 0.494. The molecule has 0 aromatic heterocycles. The Bertz CT molecular complexity index is 109. The van der Waals surface area contributed by atoms with Crippen LogP contribution in [0.15, 0.2) is 12.7 Å². The van der Waals surface area contributed by atoms with E-state index < -0.39 is 6.78 Å². The van der Waals surface area contributed by atoms with Crippen molar-refractivity contribution >= 4 is 29.3 Å². The topological polar surface area (TPSA) is 3.24 Å². The summed E-state index contributed by atoms with van der Waals surface area (Å²) in [5.74, 6) is 0. The highest BCUT2D eigenvalue weighted by atomic mass is 35.9.